The number of carbonyl (C=O) groups excluding carboxylic acids is 1. The molecule has 0 radical (unpaired) electrons. The van der Waals surface area contributed by atoms with Gasteiger partial charge in [0.05, 0.1) is 14.2 Å². The van der Waals surface area contributed by atoms with Gasteiger partial charge in [-0.25, -0.2) is 0 Å². The maximum absolute atomic E-state index is 11.9. The first kappa shape index (κ1) is 18.0. The Balaban J connectivity index is 2.02. The van der Waals surface area contributed by atoms with Gasteiger partial charge in [0.25, 0.3) is 0 Å². The van der Waals surface area contributed by atoms with Gasteiger partial charge < -0.3 is 30.1 Å². The maximum Gasteiger partial charge on any atom is 0.244 e. The summed E-state index contributed by atoms with van der Waals surface area (Å²) < 4.78 is 10.1. The fourth-order valence-electron chi connectivity index (χ4n) is 2.11. The fraction of sp³-hybridized carbons (Fsp3) is 0.167. The molecule has 0 aromatic heterocycles. The second-order valence-electron chi connectivity index (χ2n) is 5.15. The average Bonchev–Trinajstić information content (AvgIpc) is 2.61. The van der Waals surface area contributed by atoms with Crippen molar-refractivity contribution >= 4 is 12.0 Å². The minimum Gasteiger partial charge on any atom is -0.504 e. The van der Waals surface area contributed by atoms with E-state index in [-0.39, 0.29) is 41.2 Å². The van der Waals surface area contributed by atoms with Crippen LogP contribution < -0.4 is 14.8 Å². The molecule has 1 amide bonds. The highest BCUT2D eigenvalue weighted by molar-refractivity contribution is 5.91. The van der Waals surface area contributed by atoms with Gasteiger partial charge in [0.15, 0.2) is 23.0 Å². The highest BCUT2D eigenvalue weighted by Crippen LogP contribution is 2.37. The Morgan fingerprint density at radius 3 is 2.24 bits per heavy atom. The summed E-state index contributed by atoms with van der Waals surface area (Å²) in [6.07, 6.45) is 2.81. The van der Waals surface area contributed by atoms with Crippen LogP contribution in [0.25, 0.3) is 6.08 Å². The van der Waals surface area contributed by atoms with Crippen LogP contribution in [0.15, 0.2) is 36.4 Å². The van der Waals surface area contributed by atoms with Crippen molar-refractivity contribution in [3.8, 4) is 28.7 Å². The molecule has 0 unspecified atom stereocenters. The number of phenolic OH excluding ortho intramolecular Hbond substituents is 3. The number of rotatable bonds is 6. The lowest BCUT2D eigenvalue weighted by Crippen LogP contribution is -2.20. The third-order valence-corrected chi connectivity index (χ3v) is 3.43. The lowest BCUT2D eigenvalue weighted by molar-refractivity contribution is -0.116. The molecule has 4 N–H and O–H groups in total. The number of phenols is 3. The molecule has 0 bridgehead atoms. The molecule has 0 aliphatic heterocycles. The quantitative estimate of drug-likeness (QED) is 0.472. The van der Waals surface area contributed by atoms with Gasteiger partial charge in [0.1, 0.15) is 0 Å². The van der Waals surface area contributed by atoms with E-state index in [4.69, 9.17) is 9.47 Å². The summed E-state index contributed by atoms with van der Waals surface area (Å²) in [7, 11) is 2.85. The molecule has 0 saturated carbocycles. The molecule has 25 heavy (non-hydrogen) atoms. The molecule has 2 aromatic rings. The van der Waals surface area contributed by atoms with Crippen molar-refractivity contribution in [3.63, 3.8) is 0 Å². The third-order valence-electron chi connectivity index (χ3n) is 3.43. The van der Waals surface area contributed by atoms with Crippen LogP contribution in [0.4, 0.5) is 0 Å². The second-order valence-corrected chi connectivity index (χ2v) is 5.15. The van der Waals surface area contributed by atoms with Gasteiger partial charge in [-0.05, 0) is 41.5 Å². The maximum atomic E-state index is 11.9. The number of methoxy groups -OCH3 is 2. The SMILES string of the molecule is COc1cc(CNC(=O)C=Cc2ccc(O)c(O)c2)cc(OC)c1O. The van der Waals surface area contributed by atoms with E-state index in [9.17, 15) is 20.1 Å². The predicted molar refractivity (Wildman–Crippen MR) is 91.9 cm³/mol. The molecule has 0 fully saturated rings. The second kappa shape index (κ2) is 7.96. The first-order valence-corrected chi connectivity index (χ1v) is 7.36. The molecule has 0 aliphatic carbocycles. The summed E-state index contributed by atoms with van der Waals surface area (Å²) in [5, 5.41) is 31.2. The van der Waals surface area contributed by atoms with E-state index < -0.39 is 0 Å². The average molecular weight is 345 g/mol. The smallest absolute Gasteiger partial charge is 0.244 e. The van der Waals surface area contributed by atoms with Crippen molar-refractivity contribution in [3.05, 3.63) is 47.5 Å². The van der Waals surface area contributed by atoms with Gasteiger partial charge in [-0.2, -0.15) is 0 Å². The first-order chi connectivity index (χ1) is 11.9. The van der Waals surface area contributed by atoms with Crippen molar-refractivity contribution in [2.75, 3.05) is 14.2 Å². The Kier molecular flexibility index (Phi) is 5.73. The van der Waals surface area contributed by atoms with Crippen molar-refractivity contribution < 1.29 is 29.6 Å². The van der Waals surface area contributed by atoms with E-state index in [1.807, 2.05) is 0 Å². The zero-order valence-corrected chi connectivity index (χ0v) is 13.8. The van der Waals surface area contributed by atoms with Gasteiger partial charge in [-0.15, -0.1) is 0 Å². The van der Waals surface area contributed by atoms with E-state index >= 15 is 0 Å². The summed E-state index contributed by atoms with van der Waals surface area (Å²) in [6.45, 7) is 0.205. The Morgan fingerprint density at radius 2 is 1.68 bits per heavy atom. The molecule has 0 spiro atoms. The monoisotopic (exact) mass is 345 g/mol. The first-order valence-electron chi connectivity index (χ1n) is 7.36. The van der Waals surface area contributed by atoms with E-state index in [1.54, 1.807) is 18.2 Å². The molecule has 132 valence electrons. The number of amides is 1. The summed E-state index contributed by atoms with van der Waals surface area (Å²) in [6, 6.07) is 7.44. The van der Waals surface area contributed by atoms with E-state index in [0.717, 1.165) is 0 Å². The number of benzene rings is 2. The number of nitrogens with one attached hydrogen (secondary N) is 1. The Bertz CT molecular complexity index is 775. The number of aromatic hydroxyl groups is 3. The van der Waals surface area contributed by atoms with Crippen LogP contribution in [0.1, 0.15) is 11.1 Å². The molecule has 0 aliphatic rings. The minimum atomic E-state index is -0.349. The van der Waals surface area contributed by atoms with Crippen molar-refractivity contribution in [2.45, 2.75) is 6.54 Å². The molecule has 0 atom stereocenters. The number of hydrogen-bond acceptors (Lipinski definition) is 6. The molecule has 2 rings (SSSR count). The fourth-order valence-corrected chi connectivity index (χ4v) is 2.11. The van der Waals surface area contributed by atoms with Crippen LogP contribution in [0.5, 0.6) is 28.7 Å². The zero-order valence-electron chi connectivity index (χ0n) is 13.8. The normalized spacial score (nSPS) is 10.6. The Morgan fingerprint density at radius 1 is 1.04 bits per heavy atom. The standard InChI is InChI=1S/C18H19NO6/c1-24-15-8-12(9-16(25-2)18(15)23)10-19-17(22)6-4-11-3-5-13(20)14(21)7-11/h3-9,20-21,23H,10H2,1-2H3,(H,19,22). The lowest BCUT2D eigenvalue weighted by Gasteiger charge is -2.11. The highest BCUT2D eigenvalue weighted by Gasteiger charge is 2.11. The Labute approximate surface area is 144 Å². The van der Waals surface area contributed by atoms with Gasteiger partial charge in [0, 0.05) is 12.6 Å². The third kappa shape index (κ3) is 4.57. The number of ether oxygens (including phenoxy) is 2. The van der Waals surface area contributed by atoms with E-state index in [0.29, 0.717) is 11.1 Å². The molecular formula is C18H19NO6. The molecule has 0 heterocycles. The van der Waals surface area contributed by atoms with Crippen LogP contribution in [0, 0.1) is 0 Å². The minimum absolute atomic E-state index is 0.105. The van der Waals surface area contributed by atoms with Crippen LogP contribution in [0.3, 0.4) is 0 Å². The van der Waals surface area contributed by atoms with Crippen LogP contribution in [-0.2, 0) is 11.3 Å². The summed E-state index contributed by atoms with van der Waals surface area (Å²) in [5.41, 5.74) is 1.26. The van der Waals surface area contributed by atoms with Gasteiger partial charge in [-0.1, -0.05) is 6.07 Å². The van der Waals surface area contributed by atoms with Gasteiger partial charge >= 0.3 is 0 Å². The van der Waals surface area contributed by atoms with E-state index in [1.165, 1.54) is 38.5 Å². The van der Waals surface area contributed by atoms with Crippen molar-refractivity contribution in [2.24, 2.45) is 0 Å². The lowest BCUT2D eigenvalue weighted by atomic mass is 10.1. The van der Waals surface area contributed by atoms with Gasteiger partial charge in [-0.3, -0.25) is 4.79 Å². The predicted octanol–water partition coefficient (Wildman–Crippen LogP) is 2.15. The Hall–Kier alpha value is -3.35. The van der Waals surface area contributed by atoms with Crippen LogP contribution >= 0.6 is 0 Å². The molecule has 0 saturated heterocycles. The van der Waals surface area contributed by atoms with Crippen LogP contribution in [-0.4, -0.2) is 35.4 Å². The summed E-state index contributed by atoms with van der Waals surface area (Å²) in [5.74, 6) is -0.439. The zero-order chi connectivity index (χ0) is 18.4. The van der Waals surface area contributed by atoms with Crippen molar-refractivity contribution in [1.82, 2.24) is 5.32 Å². The molecule has 2 aromatic carbocycles. The largest absolute Gasteiger partial charge is 0.504 e. The highest BCUT2D eigenvalue weighted by atomic mass is 16.5. The van der Waals surface area contributed by atoms with E-state index in [2.05, 4.69) is 5.32 Å². The van der Waals surface area contributed by atoms with Crippen LogP contribution in [0.2, 0.25) is 0 Å². The molecular weight excluding hydrogens is 326 g/mol. The molecule has 7 nitrogen and oxygen atoms in total. The summed E-state index contributed by atoms with van der Waals surface area (Å²) in [4.78, 5) is 11.9. The summed E-state index contributed by atoms with van der Waals surface area (Å²) >= 11 is 0. The number of carbonyl (C=O) groups is 1. The van der Waals surface area contributed by atoms with Crippen molar-refractivity contribution in [1.29, 1.82) is 0 Å². The topological polar surface area (TPSA) is 108 Å². The molecule has 7 heteroatoms. The number of hydrogen-bond donors (Lipinski definition) is 4. The van der Waals surface area contributed by atoms with Gasteiger partial charge in [0.2, 0.25) is 11.7 Å².